The van der Waals surface area contributed by atoms with Crippen molar-refractivity contribution in [1.29, 1.82) is 5.26 Å². The fraction of sp³-hybridized carbons (Fsp3) is 0.500. The molecule has 5 aliphatic rings. The van der Waals surface area contributed by atoms with Crippen molar-refractivity contribution < 1.29 is 28.6 Å². The van der Waals surface area contributed by atoms with E-state index in [0.29, 0.717) is 95.7 Å². The number of ether oxygens (including phenoxy) is 3. The number of halogens is 1. The fourth-order valence-electron chi connectivity index (χ4n) is 11.1. The lowest BCUT2D eigenvalue weighted by Gasteiger charge is -2.63. The van der Waals surface area contributed by atoms with Gasteiger partial charge in [0.1, 0.15) is 41.0 Å². The van der Waals surface area contributed by atoms with Crippen LogP contribution in [0.5, 0.6) is 11.5 Å². The Hall–Kier alpha value is -6.25. The number of methoxy groups -OCH3 is 1. The van der Waals surface area contributed by atoms with Crippen LogP contribution in [0.15, 0.2) is 55.0 Å². The SMILES string of the molecule is CC[C@@H]1C(=O)N(C)c2cnc(Nc3ccc(C(=O)N4CC5(C4)CN(c4ncc(C(=O)NC6C(C)(C)C(Oc7ccc(C#N)c(Cl)c7)C6(C)C)cn4)CCO5)cc3OC)nc2N1C1CCCC1. The zero-order valence-electron chi connectivity index (χ0n) is 38.4. The first kappa shape index (κ1) is 44.9. The molecule has 0 radical (unpaired) electrons. The topological polar surface area (TPSA) is 191 Å². The van der Waals surface area contributed by atoms with Crippen molar-refractivity contribution in [3.63, 3.8) is 0 Å². The van der Waals surface area contributed by atoms with Gasteiger partial charge >= 0.3 is 0 Å². The van der Waals surface area contributed by atoms with Gasteiger partial charge in [0.15, 0.2) is 5.82 Å². The Bertz CT molecular complexity index is 2570. The third kappa shape index (κ3) is 7.87. The lowest BCUT2D eigenvalue weighted by molar-refractivity contribution is -0.164. The maximum Gasteiger partial charge on any atom is 0.254 e. The van der Waals surface area contributed by atoms with Crippen molar-refractivity contribution in [1.82, 2.24) is 30.2 Å². The first-order chi connectivity index (χ1) is 31.6. The zero-order valence-corrected chi connectivity index (χ0v) is 39.2. The Balaban J connectivity index is 0.809. The summed E-state index contributed by atoms with van der Waals surface area (Å²) in [7, 11) is 3.33. The lowest BCUT2D eigenvalue weighted by atomic mass is 9.49. The minimum Gasteiger partial charge on any atom is -0.495 e. The molecule has 17 nitrogen and oxygen atoms in total. The number of nitriles is 1. The molecule has 5 heterocycles. The first-order valence-corrected chi connectivity index (χ1v) is 23.0. The summed E-state index contributed by atoms with van der Waals surface area (Å²) in [6.45, 7) is 12.5. The molecule has 2 saturated heterocycles. The average Bonchev–Trinajstić information content (AvgIpc) is 3.85. The van der Waals surface area contributed by atoms with E-state index in [1.54, 1.807) is 78.9 Å². The summed E-state index contributed by atoms with van der Waals surface area (Å²) < 4.78 is 18.4. The molecule has 1 spiro atoms. The number of nitrogens with zero attached hydrogens (tertiary/aromatic N) is 9. The maximum absolute atomic E-state index is 13.8. The molecule has 9 rings (SSSR count). The Morgan fingerprint density at radius 3 is 2.38 bits per heavy atom. The van der Waals surface area contributed by atoms with Crippen LogP contribution in [0.4, 0.5) is 29.1 Å². The van der Waals surface area contributed by atoms with E-state index in [9.17, 15) is 19.6 Å². The van der Waals surface area contributed by atoms with E-state index in [4.69, 9.17) is 30.8 Å². The van der Waals surface area contributed by atoms with Gasteiger partial charge in [-0.2, -0.15) is 10.2 Å². The Morgan fingerprint density at radius 2 is 1.71 bits per heavy atom. The van der Waals surface area contributed by atoms with Gasteiger partial charge in [-0.25, -0.2) is 15.0 Å². The summed E-state index contributed by atoms with van der Waals surface area (Å²) >= 11 is 6.26. The lowest BCUT2D eigenvalue weighted by Crippen LogP contribution is -2.74. The van der Waals surface area contributed by atoms with E-state index in [1.807, 2.05) is 11.8 Å². The van der Waals surface area contributed by atoms with Gasteiger partial charge in [-0.05, 0) is 49.6 Å². The fourth-order valence-corrected chi connectivity index (χ4v) is 11.3. The minimum atomic E-state index is -0.590. The Morgan fingerprint density at radius 1 is 0.985 bits per heavy atom. The molecule has 2 aromatic carbocycles. The van der Waals surface area contributed by atoms with Crippen LogP contribution in [-0.4, -0.2) is 119 Å². The molecular weight excluding hydrogens is 862 g/mol. The standard InChI is InChI=1S/C48H56ClN11O6/c1-8-35-41(63)57(6)36-24-51-44(55-38(36)60(35)31-11-9-10-12-31)54-34-16-14-28(19-37(34)64-7)40(62)59-26-48(27-59)25-58(17-18-65-48)45-52-22-30(23-53-45)39(61)56-42-46(2,3)43(47(42,4)5)66-32-15-13-29(21-50)33(49)20-32/h13-16,19-20,22-24,31,35,42-43H,8-12,17-18,25-27H2,1-7H3,(H,56,61)(H,51,54,55)/t35-,42?,43?/m1/s1. The van der Waals surface area contributed by atoms with Crippen LogP contribution in [0.3, 0.4) is 0 Å². The molecule has 4 fully saturated rings. The second-order valence-electron chi connectivity index (χ2n) is 19.3. The third-order valence-corrected chi connectivity index (χ3v) is 14.5. The Kier molecular flexibility index (Phi) is 11.7. The molecule has 66 heavy (non-hydrogen) atoms. The number of anilines is 5. The number of morpholine rings is 1. The number of amides is 3. The number of nitrogens with one attached hydrogen (secondary N) is 2. The molecule has 2 aliphatic carbocycles. The third-order valence-electron chi connectivity index (χ3n) is 14.2. The summed E-state index contributed by atoms with van der Waals surface area (Å²) in [5.74, 6) is 2.24. The van der Waals surface area contributed by atoms with E-state index in [1.165, 1.54) is 0 Å². The van der Waals surface area contributed by atoms with E-state index in [0.717, 1.165) is 31.5 Å². The molecule has 2 aromatic heterocycles. The molecule has 4 aromatic rings. The molecule has 3 aliphatic heterocycles. The van der Waals surface area contributed by atoms with Crippen LogP contribution < -0.4 is 34.8 Å². The van der Waals surface area contributed by atoms with Gasteiger partial charge in [0.2, 0.25) is 17.8 Å². The van der Waals surface area contributed by atoms with Crippen molar-refractivity contribution in [3.8, 4) is 17.6 Å². The van der Waals surface area contributed by atoms with Gasteiger partial charge in [0.25, 0.3) is 11.8 Å². The van der Waals surface area contributed by atoms with Gasteiger partial charge in [-0.15, -0.1) is 0 Å². The molecule has 0 unspecified atom stereocenters. The molecule has 2 N–H and O–H groups in total. The number of carbonyl (C=O) groups is 3. The molecule has 0 bridgehead atoms. The van der Waals surface area contributed by atoms with E-state index < -0.39 is 16.4 Å². The smallest absolute Gasteiger partial charge is 0.254 e. The average molecular weight is 918 g/mol. The highest BCUT2D eigenvalue weighted by Gasteiger charge is 2.64. The Labute approximate surface area is 389 Å². The summed E-state index contributed by atoms with van der Waals surface area (Å²) in [6.07, 6.45) is 9.52. The van der Waals surface area contributed by atoms with Crippen molar-refractivity contribution >= 4 is 58.4 Å². The number of likely N-dealkylation sites (tertiary alicyclic amines) is 1. The van der Waals surface area contributed by atoms with Crippen molar-refractivity contribution in [3.05, 3.63) is 76.7 Å². The predicted molar refractivity (Wildman–Crippen MR) is 249 cm³/mol. The molecular formula is C48H56ClN11O6. The summed E-state index contributed by atoms with van der Waals surface area (Å²) in [6, 6.07) is 12.1. The highest BCUT2D eigenvalue weighted by molar-refractivity contribution is 6.31. The van der Waals surface area contributed by atoms with Gasteiger partial charge in [0.05, 0.1) is 61.4 Å². The van der Waals surface area contributed by atoms with Crippen molar-refractivity contribution in [2.45, 2.75) is 96.6 Å². The molecule has 1 atom stereocenters. The van der Waals surface area contributed by atoms with Crippen LogP contribution in [0.1, 0.15) is 93.0 Å². The van der Waals surface area contributed by atoms with E-state index in [-0.39, 0.29) is 42.0 Å². The number of hydrogen-bond donors (Lipinski definition) is 2. The quantitative estimate of drug-likeness (QED) is 0.168. The highest BCUT2D eigenvalue weighted by Crippen LogP contribution is 2.55. The number of likely N-dealkylation sites (N-methyl/N-ethyl adjacent to an activating group) is 1. The van der Waals surface area contributed by atoms with Gasteiger partial charge in [-0.1, -0.05) is 59.1 Å². The highest BCUT2D eigenvalue weighted by atomic mass is 35.5. The van der Waals surface area contributed by atoms with Crippen LogP contribution in [0.2, 0.25) is 5.02 Å². The number of carbonyl (C=O) groups excluding carboxylic acids is 3. The van der Waals surface area contributed by atoms with Crippen LogP contribution in [-0.2, 0) is 9.53 Å². The van der Waals surface area contributed by atoms with Gasteiger partial charge < -0.3 is 44.4 Å². The normalized spacial score (nSPS) is 22.8. The van der Waals surface area contributed by atoms with Crippen molar-refractivity contribution in [2.75, 3.05) is 67.0 Å². The van der Waals surface area contributed by atoms with E-state index in [2.05, 4.69) is 64.2 Å². The maximum atomic E-state index is 13.8. The second-order valence-corrected chi connectivity index (χ2v) is 19.7. The number of aromatic nitrogens is 4. The second kappa shape index (κ2) is 17.2. The monoisotopic (exact) mass is 917 g/mol. The van der Waals surface area contributed by atoms with Gasteiger partial charge in [-0.3, -0.25) is 14.4 Å². The van der Waals surface area contributed by atoms with Crippen LogP contribution in [0, 0.1) is 22.2 Å². The zero-order chi connectivity index (χ0) is 46.7. The summed E-state index contributed by atoms with van der Waals surface area (Å²) in [5, 5.41) is 16.1. The molecule has 2 saturated carbocycles. The number of rotatable bonds is 11. The number of fused-ring (bicyclic) bond motifs is 1. The number of benzene rings is 2. The summed E-state index contributed by atoms with van der Waals surface area (Å²) in [5.41, 5.74) is 1.03. The summed E-state index contributed by atoms with van der Waals surface area (Å²) in [4.78, 5) is 67.1. The van der Waals surface area contributed by atoms with Crippen LogP contribution >= 0.6 is 11.6 Å². The minimum absolute atomic E-state index is 0.0562. The van der Waals surface area contributed by atoms with Crippen LogP contribution in [0.25, 0.3) is 0 Å². The van der Waals surface area contributed by atoms with Crippen molar-refractivity contribution in [2.24, 2.45) is 10.8 Å². The predicted octanol–water partition coefficient (Wildman–Crippen LogP) is 6.39. The van der Waals surface area contributed by atoms with E-state index >= 15 is 0 Å². The van der Waals surface area contributed by atoms with Gasteiger partial charge in [0, 0.05) is 60.5 Å². The number of hydrogen-bond acceptors (Lipinski definition) is 14. The molecule has 346 valence electrons. The largest absolute Gasteiger partial charge is 0.495 e. The molecule has 3 amide bonds. The first-order valence-electron chi connectivity index (χ1n) is 22.6. The molecule has 18 heteroatoms.